The van der Waals surface area contributed by atoms with Crippen molar-refractivity contribution in [1.82, 2.24) is 14.6 Å². The van der Waals surface area contributed by atoms with Crippen LogP contribution < -0.4 is 5.32 Å². The van der Waals surface area contributed by atoms with Crippen molar-refractivity contribution in [1.29, 1.82) is 0 Å². The average molecular weight is 262 g/mol. The molecule has 1 unspecified atom stereocenters. The molecule has 0 aliphatic rings. The number of anilines is 1. The van der Waals surface area contributed by atoms with Gasteiger partial charge in [-0.25, -0.2) is 9.50 Å². The topological polar surface area (TPSA) is 51.5 Å². The zero-order valence-corrected chi connectivity index (χ0v) is 12.3. The lowest BCUT2D eigenvalue weighted by atomic mass is 10.00. The van der Waals surface area contributed by atoms with E-state index < -0.39 is 0 Å². The molecular weight excluding hydrogens is 240 g/mol. The summed E-state index contributed by atoms with van der Waals surface area (Å²) < 4.78 is 7.31. The standard InChI is InChI=1S/C14H22N4O/c1-10-8-12-13(15-6-7-18(12)17-10)16-11(2)9-14(3,4)19-5/h6-8,11H,9H2,1-5H3,(H,15,16). The Morgan fingerprint density at radius 3 is 2.89 bits per heavy atom. The maximum Gasteiger partial charge on any atom is 0.152 e. The third-order valence-electron chi connectivity index (χ3n) is 3.25. The molecule has 5 nitrogen and oxygen atoms in total. The molecule has 0 aromatic carbocycles. The van der Waals surface area contributed by atoms with Crippen LogP contribution in [0.15, 0.2) is 18.5 Å². The molecule has 19 heavy (non-hydrogen) atoms. The van der Waals surface area contributed by atoms with Gasteiger partial charge in [-0.1, -0.05) is 0 Å². The van der Waals surface area contributed by atoms with Crippen LogP contribution in [0.3, 0.4) is 0 Å². The third kappa shape index (κ3) is 3.23. The van der Waals surface area contributed by atoms with E-state index in [1.54, 1.807) is 13.3 Å². The summed E-state index contributed by atoms with van der Waals surface area (Å²) in [6.07, 6.45) is 4.52. The Morgan fingerprint density at radius 2 is 2.21 bits per heavy atom. The van der Waals surface area contributed by atoms with Crippen molar-refractivity contribution in [3.63, 3.8) is 0 Å². The van der Waals surface area contributed by atoms with Gasteiger partial charge in [0.25, 0.3) is 0 Å². The Kier molecular flexibility index (Phi) is 3.75. The molecule has 0 radical (unpaired) electrons. The van der Waals surface area contributed by atoms with Gasteiger partial charge in [-0.3, -0.25) is 0 Å². The number of rotatable bonds is 5. The van der Waals surface area contributed by atoms with Gasteiger partial charge in [0.1, 0.15) is 5.52 Å². The zero-order chi connectivity index (χ0) is 14.0. The molecule has 2 rings (SSSR count). The van der Waals surface area contributed by atoms with E-state index in [1.807, 2.05) is 23.7 Å². The quantitative estimate of drug-likeness (QED) is 0.900. The summed E-state index contributed by atoms with van der Waals surface area (Å²) in [7, 11) is 1.74. The first kappa shape index (κ1) is 13.8. The number of nitrogens with zero attached hydrogens (tertiary/aromatic N) is 3. The number of fused-ring (bicyclic) bond motifs is 1. The summed E-state index contributed by atoms with van der Waals surface area (Å²) in [5.41, 5.74) is 1.84. The van der Waals surface area contributed by atoms with Crippen molar-refractivity contribution < 1.29 is 4.74 Å². The Labute approximate surface area is 114 Å². The lowest BCUT2D eigenvalue weighted by Crippen LogP contribution is -2.31. The minimum absolute atomic E-state index is 0.145. The average Bonchev–Trinajstić information content (AvgIpc) is 2.70. The number of nitrogens with one attached hydrogen (secondary N) is 1. The zero-order valence-electron chi connectivity index (χ0n) is 12.3. The van der Waals surface area contributed by atoms with Crippen molar-refractivity contribution >= 4 is 11.3 Å². The van der Waals surface area contributed by atoms with Crippen LogP contribution in [0.25, 0.3) is 5.52 Å². The summed E-state index contributed by atoms with van der Waals surface area (Å²) in [5.74, 6) is 0.863. The maximum absolute atomic E-state index is 5.46. The Balaban J connectivity index is 2.17. The molecule has 0 aliphatic heterocycles. The molecule has 1 atom stereocenters. The maximum atomic E-state index is 5.46. The van der Waals surface area contributed by atoms with Gasteiger partial charge in [-0.05, 0) is 40.2 Å². The predicted molar refractivity (Wildman–Crippen MR) is 76.5 cm³/mol. The number of aryl methyl sites for hydroxylation is 1. The number of aromatic nitrogens is 3. The summed E-state index contributed by atoms with van der Waals surface area (Å²) in [4.78, 5) is 4.40. The van der Waals surface area contributed by atoms with Gasteiger partial charge < -0.3 is 10.1 Å². The molecule has 5 heteroatoms. The monoisotopic (exact) mass is 262 g/mol. The van der Waals surface area contributed by atoms with Gasteiger partial charge >= 0.3 is 0 Å². The highest BCUT2D eigenvalue weighted by molar-refractivity contribution is 5.67. The SMILES string of the molecule is COC(C)(C)CC(C)Nc1nccn2nc(C)cc12. The van der Waals surface area contributed by atoms with E-state index in [2.05, 4.69) is 36.2 Å². The van der Waals surface area contributed by atoms with Crippen LogP contribution in [0, 0.1) is 6.92 Å². The molecule has 104 valence electrons. The number of ether oxygens (including phenoxy) is 1. The van der Waals surface area contributed by atoms with Gasteiger partial charge in [0.15, 0.2) is 5.82 Å². The fraction of sp³-hybridized carbons (Fsp3) is 0.571. The second-order valence-corrected chi connectivity index (χ2v) is 5.60. The molecule has 0 aliphatic carbocycles. The first-order valence-electron chi connectivity index (χ1n) is 6.54. The second-order valence-electron chi connectivity index (χ2n) is 5.60. The Hall–Kier alpha value is -1.62. The highest BCUT2D eigenvalue weighted by Gasteiger charge is 2.20. The molecule has 0 saturated carbocycles. The normalized spacial score (nSPS) is 13.7. The molecule has 0 amide bonds. The van der Waals surface area contributed by atoms with Crippen LogP contribution in [0.4, 0.5) is 5.82 Å². The van der Waals surface area contributed by atoms with Crippen LogP contribution in [0.2, 0.25) is 0 Å². The van der Waals surface area contributed by atoms with E-state index in [4.69, 9.17) is 4.74 Å². The van der Waals surface area contributed by atoms with Crippen LogP contribution in [0.1, 0.15) is 32.9 Å². The highest BCUT2D eigenvalue weighted by atomic mass is 16.5. The van der Waals surface area contributed by atoms with Gasteiger partial charge in [-0.15, -0.1) is 0 Å². The lowest BCUT2D eigenvalue weighted by Gasteiger charge is -2.27. The van der Waals surface area contributed by atoms with E-state index in [-0.39, 0.29) is 11.6 Å². The van der Waals surface area contributed by atoms with Gasteiger partial charge in [-0.2, -0.15) is 5.10 Å². The number of methoxy groups -OCH3 is 1. The van der Waals surface area contributed by atoms with Gasteiger partial charge in [0, 0.05) is 25.5 Å². The van der Waals surface area contributed by atoms with Crippen LogP contribution in [-0.2, 0) is 4.74 Å². The van der Waals surface area contributed by atoms with Crippen molar-refractivity contribution in [2.75, 3.05) is 12.4 Å². The van der Waals surface area contributed by atoms with Crippen LogP contribution in [0.5, 0.6) is 0 Å². The number of hydrogen-bond donors (Lipinski definition) is 1. The predicted octanol–water partition coefficient (Wildman–Crippen LogP) is 2.65. The fourth-order valence-electron chi connectivity index (χ4n) is 2.26. The molecule has 0 saturated heterocycles. The minimum atomic E-state index is -0.145. The van der Waals surface area contributed by atoms with Crippen LogP contribution >= 0.6 is 0 Å². The molecule has 2 heterocycles. The third-order valence-corrected chi connectivity index (χ3v) is 3.25. The summed E-state index contributed by atoms with van der Waals surface area (Å²) in [6.45, 7) is 8.29. The molecule has 2 aromatic rings. The molecule has 0 fully saturated rings. The molecule has 0 bridgehead atoms. The van der Waals surface area contributed by atoms with Gasteiger partial charge in [0.2, 0.25) is 0 Å². The minimum Gasteiger partial charge on any atom is -0.379 e. The summed E-state index contributed by atoms with van der Waals surface area (Å²) >= 11 is 0. The summed E-state index contributed by atoms with van der Waals surface area (Å²) in [5, 5.41) is 7.82. The largest absolute Gasteiger partial charge is 0.379 e. The van der Waals surface area contributed by atoms with Crippen molar-refractivity contribution in [3.8, 4) is 0 Å². The van der Waals surface area contributed by atoms with Gasteiger partial charge in [0.05, 0.1) is 11.3 Å². The first-order valence-corrected chi connectivity index (χ1v) is 6.54. The molecule has 0 spiro atoms. The van der Waals surface area contributed by atoms with Crippen LogP contribution in [-0.4, -0.2) is 33.4 Å². The first-order chi connectivity index (χ1) is 8.91. The molecular formula is C14H22N4O. The fourth-order valence-corrected chi connectivity index (χ4v) is 2.26. The van der Waals surface area contributed by atoms with Crippen molar-refractivity contribution in [2.24, 2.45) is 0 Å². The summed E-state index contributed by atoms with van der Waals surface area (Å²) in [6, 6.07) is 2.30. The lowest BCUT2D eigenvalue weighted by molar-refractivity contribution is 0.0128. The Bertz CT molecular complexity index is 562. The molecule has 1 N–H and O–H groups in total. The smallest absolute Gasteiger partial charge is 0.152 e. The highest BCUT2D eigenvalue weighted by Crippen LogP contribution is 2.20. The van der Waals surface area contributed by atoms with E-state index in [0.717, 1.165) is 23.4 Å². The molecule has 2 aromatic heterocycles. The van der Waals surface area contributed by atoms with E-state index in [0.29, 0.717) is 0 Å². The van der Waals surface area contributed by atoms with E-state index >= 15 is 0 Å². The second kappa shape index (κ2) is 5.17. The Morgan fingerprint density at radius 1 is 1.47 bits per heavy atom. The van der Waals surface area contributed by atoms with Crippen molar-refractivity contribution in [3.05, 3.63) is 24.2 Å². The number of hydrogen-bond acceptors (Lipinski definition) is 4. The van der Waals surface area contributed by atoms with E-state index in [1.165, 1.54) is 0 Å². The van der Waals surface area contributed by atoms with Crippen molar-refractivity contribution in [2.45, 2.75) is 45.8 Å². The van der Waals surface area contributed by atoms with E-state index in [9.17, 15) is 0 Å².